The normalized spacial score (nSPS) is 39.1. The lowest BCUT2D eigenvalue weighted by Crippen LogP contribution is -2.55. The monoisotopic (exact) mass is 535 g/mol. The highest BCUT2D eigenvalue weighted by Gasteiger charge is 2.60. The van der Waals surface area contributed by atoms with E-state index in [-0.39, 0.29) is 18.6 Å². The Morgan fingerprint density at radius 1 is 0.921 bits per heavy atom. The number of aliphatic carboxylic acids is 1. The number of rotatable bonds is 13. The van der Waals surface area contributed by atoms with Crippen LogP contribution in [-0.2, 0) is 23.8 Å². The average molecular weight is 536 g/mol. The van der Waals surface area contributed by atoms with Gasteiger partial charge in [0.25, 0.3) is 0 Å². The molecule has 0 bridgehead atoms. The Kier molecular flexibility index (Phi) is 10.2. The number of fused-ring (bicyclic) bond motifs is 5. The topological polar surface area (TPSA) is 94.1 Å². The fourth-order valence-corrected chi connectivity index (χ4v) is 9.71. The largest absolute Gasteiger partial charge is 0.481 e. The maximum Gasteiger partial charge on any atom is 0.303 e. The molecule has 4 rings (SSSR count). The molecule has 218 valence electrons. The van der Waals surface area contributed by atoms with E-state index in [1.54, 1.807) is 7.11 Å². The maximum absolute atomic E-state index is 12.5. The molecule has 1 amide bonds. The Hall–Kier alpha value is -1.18. The summed E-state index contributed by atoms with van der Waals surface area (Å²) in [5.41, 5.74) is 0.761. The number of carbonyl (C=O) groups excluding carboxylic acids is 1. The predicted octanol–water partition coefficient (Wildman–Crippen LogP) is 5.31. The van der Waals surface area contributed by atoms with Gasteiger partial charge in [-0.25, -0.2) is 0 Å². The molecule has 7 heteroatoms. The number of hydrogen-bond donors (Lipinski definition) is 2. The summed E-state index contributed by atoms with van der Waals surface area (Å²) in [6.07, 6.45) is 12.3. The smallest absolute Gasteiger partial charge is 0.303 e. The molecule has 4 aliphatic rings. The van der Waals surface area contributed by atoms with Crippen molar-refractivity contribution in [3.63, 3.8) is 0 Å². The number of hydrogen-bond acceptors (Lipinski definition) is 5. The van der Waals surface area contributed by atoms with E-state index in [4.69, 9.17) is 14.2 Å². The second kappa shape index (κ2) is 13.0. The van der Waals surface area contributed by atoms with Gasteiger partial charge in [-0.15, -0.1) is 0 Å². The Morgan fingerprint density at radius 3 is 2.39 bits per heavy atom. The molecular formula is C31H53NO6. The lowest BCUT2D eigenvalue weighted by atomic mass is 9.44. The van der Waals surface area contributed by atoms with Crippen molar-refractivity contribution in [1.29, 1.82) is 0 Å². The fourth-order valence-electron chi connectivity index (χ4n) is 9.71. The lowest BCUT2D eigenvalue weighted by molar-refractivity contribution is -0.137. The van der Waals surface area contributed by atoms with Crippen molar-refractivity contribution in [2.24, 2.45) is 46.3 Å². The van der Waals surface area contributed by atoms with Crippen LogP contribution < -0.4 is 5.32 Å². The number of amides is 1. The van der Waals surface area contributed by atoms with Crippen molar-refractivity contribution >= 4 is 11.9 Å². The zero-order valence-corrected chi connectivity index (χ0v) is 24.3. The molecule has 0 radical (unpaired) electrons. The van der Waals surface area contributed by atoms with Crippen LogP contribution in [0.2, 0.25) is 0 Å². The van der Waals surface area contributed by atoms with Crippen molar-refractivity contribution in [1.82, 2.24) is 5.32 Å². The van der Waals surface area contributed by atoms with E-state index in [1.165, 1.54) is 44.9 Å². The van der Waals surface area contributed by atoms with E-state index in [2.05, 4.69) is 26.1 Å². The van der Waals surface area contributed by atoms with Crippen LogP contribution in [0.3, 0.4) is 0 Å². The first-order valence-corrected chi connectivity index (χ1v) is 15.3. The van der Waals surface area contributed by atoms with Crippen molar-refractivity contribution < 1.29 is 28.9 Å². The number of carboxylic acid groups (broad SMARTS) is 1. The van der Waals surface area contributed by atoms with Gasteiger partial charge in [0.15, 0.2) is 0 Å². The van der Waals surface area contributed by atoms with Gasteiger partial charge in [-0.05, 0) is 111 Å². The molecular weight excluding hydrogens is 482 g/mol. The number of carboxylic acids is 1. The van der Waals surface area contributed by atoms with Crippen molar-refractivity contribution in [3.8, 4) is 0 Å². The average Bonchev–Trinajstić information content (AvgIpc) is 3.24. The first-order chi connectivity index (χ1) is 18.2. The van der Waals surface area contributed by atoms with Crippen LogP contribution in [0.1, 0.15) is 91.4 Å². The van der Waals surface area contributed by atoms with Crippen LogP contribution in [0.25, 0.3) is 0 Å². The Bertz CT molecular complexity index is 805. The minimum Gasteiger partial charge on any atom is -0.481 e. The molecule has 7 nitrogen and oxygen atoms in total. The van der Waals surface area contributed by atoms with E-state index < -0.39 is 5.97 Å². The summed E-state index contributed by atoms with van der Waals surface area (Å²) in [7, 11) is 1.65. The van der Waals surface area contributed by atoms with Gasteiger partial charge < -0.3 is 24.6 Å². The van der Waals surface area contributed by atoms with Crippen molar-refractivity contribution in [3.05, 3.63) is 0 Å². The van der Waals surface area contributed by atoms with Gasteiger partial charge >= 0.3 is 5.97 Å². The molecule has 1 unspecified atom stereocenters. The van der Waals surface area contributed by atoms with E-state index in [0.29, 0.717) is 61.4 Å². The molecule has 0 aromatic carbocycles. The minimum atomic E-state index is -0.658. The van der Waals surface area contributed by atoms with Crippen molar-refractivity contribution in [2.75, 3.05) is 40.1 Å². The SMILES string of the molecule is COCCOCCOCC(=O)N[C@H]1CC[C@@]2(C)[C@H](CC[C@H]3[C@@H]4CC[C@H]([C@H](C)CCC(=O)O)C4(C)CC[C@@H]32)C1. The van der Waals surface area contributed by atoms with Crippen LogP contribution in [-0.4, -0.2) is 63.2 Å². The molecule has 0 aliphatic heterocycles. The molecule has 2 N–H and O–H groups in total. The van der Waals surface area contributed by atoms with Gasteiger partial charge in [0, 0.05) is 19.6 Å². The molecule has 0 saturated heterocycles. The summed E-state index contributed by atoms with van der Waals surface area (Å²) >= 11 is 0. The summed E-state index contributed by atoms with van der Waals surface area (Å²) in [6, 6.07) is 0.262. The van der Waals surface area contributed by atoms with E-state index >= 15 is 0 Å². The summed E-state index contributed by atoms with van der Waals surface area (Å²) in [4.78, 5) is 23.7. The predicted molar refractivity (Wildman–Crippen MR) is 147 cm³/mol. The van der Waals surface area contributed by atoms with Gasteiger partial charge in [-0.1, -0.05) is 20.8 Å². The quantitative estimate of drug-likeness (QED) is 0.311. The molecule has 0 aromatic heterocycles. The van der Waals surface area contributed by atoms with Crippen LogP contribution >= 0.6 is 0 Å². The highest BCUT2D eigenvalue weighted by Crippen LogP contribution is 2.68. The Morgan fingerprint density at radius 2 is 1.63 bits per heavy atom. The molecule has 0 aromatic rings. The van der Waals surface area contributed by atoms with E-state index in [0.717, 1.165) is 37.0 Å². The standard InChI is InChI=1S/C31H53NO6/c1-21(5-10-29(34)35)25-8-9-26-24-7-6-22-19-23(32-28(33)20-38-18-17-37-16-15-36-4)11-13-30(22,2)27(24)12-14-31(25,26)3/h21-27H,5-20H2,1-4H3,(H,32,33)(H,34,35)/t21-,22-,23+,24+,25-,26+,27+,30+,31?/m1/s1. The molecule has 0 spiro atoms. The molecule has 4 fully saturated rings. The third kappa shape index (κ3) is 6.41. The second-order valence-electron chi connectivity index (χ2n) is 13.5. The van der Waals surface area contributed by atoms with Gasteiger partial charge in [0.2, 0.25) is 5.91 Å². The first-order valence-electron chi connectivity index (χ1n) is 15.3. The van der Waals surface area contributed by atoms with Gasteiger partial charge in [0.05, 0.1) is 26.4 Å². The minimum absolute atomic E-state index is 0.00775. The maximum atomic E-state index is 12.5. The van der Waals surface area contributed by atoms with Crippen molar-refractivity contribution in [2.45, 2.75) is 97.4 Å². The summed E-state index contributed by atoms with van der Waals surface area (Å²) in [5, 5.41) is 12.5. The van der Waals surface area contributed by atoms with Gasteiger partial charge in [-0.2, -0.15) is 0 Å². The lowest BCUT2D eigenvalue weighted by Gasteiger charge is -2.61. The third-order valence-electron chi connectivity index (χ3n) is 11.6. The van der Waals surface area contributed by atoms with Crippen LogP contribution in [0.5, 0.6) is 0 Å². The highest BCUT2D eigenvalue weighted by molar-refractivity contribution is 5.77. The van der Waals surface area contributed by atoms with Crippen LogP contribution in [0, 0.1) is 46.3 Å². The summed E-state index contributed by atoms with van der Waals surface area (Å²) in [6.45, 7) is 9.55. The second-order valence-corrected chi connectivity index (χ2v) is 13.5. The number of carbonyl (C=O) groups is 2. The molecule has 4 aliphatic carbocycles. The Labute approximate surface area is 230 Å². The number of methoxy groups -OCH3 is 1. The molecule has 9 atom stereocenters. The number of nitrogens with one attached hydrogen (secondary N) is 1. The van der Waals surface area contributed by atoms with Crippen LogP contribution in [0.4, 0.5) is 0 Å². The highest BCUT2D eigenvalue weighted by atomic mass is 16.5. The van der Waals surface area contributed by atoms with Gasteiger partial charge in [0.1, 0.15) is 6.61 Å². The molecule has 38 heavy (non-hydrogen) atoms. The summed E-state index contributed by atoms with van der Waals surface area (Å²) in [5.74, 6) is 3.60. The molecule has 4 saturated carbocycles. The third-order valence-corrected chi connectivity index (χ3v) is 11.6. The van der Waals surface area contributed by atoms with Crippen LogP contribution in [0.15, 0.2) is 0 Å². The molecule has 0 heterocycles. The fraction of sp³-hybridized carbons (Fsp3) is 0.935. The zero-order valence-electron chi connectivity index (χ0n) is 24.3. The van der Waals surface area contributed by atoms with E-state index in [9.17, 15) is 14.7 Å². The Balaban J connectivity index is 1.27. The van der Waals surface area contributed by atoms with Gasteiger partial charge in [-0.3, -0.25) is 9.59 Å². The first kappa shape index (κ1) is 29.8. The zero-order chi connectivity index (χ0) is 27.3. The summed E-state index contributed by atoms with van der Waals surface area (Å²) < 4.78 is 15.8. The van der Waals surface area contributed by atoms with E-state index in [1.807, 2.05) is 0 Å². The number of ether oxygens (including phenoxy) is 3.